The number of hydrogen-bond acceptors (Lipinski definition) is 5. The summed E-state index contributed by atoms with van der Waals surface area (Å²) in [5.41, 5.74) is 4.47. The third kappa shape index (κ3) is 3.99. The SMILES string of the molecule is CCCn1c(=O)[nH]c(=O)c2cc(C(=O)NNc3c(Cl)cc(Cl)cc3Cl)cnc21. The van der Waals surface area contributed by atoms with Gasteiger partial charge in [-0.15, -0.1) is 0 Å². The van der Waals surface area contributed by atoms with Crippen molar-refractivity contribution >= 4 is 57.4 Å². The van der Waals surface area contributed by atoms with E-state index in [-0.39, 0.29) is 32.3 Å². The minimum atomic E-state index is -0.619. The number of H-pyrrole nitrogens is 1. The van der Waals surface area contributed by atoms with Crippen molar-refractivity contribution in [2.45, 2.75) is 19.9 Å². The van der Waals surface area contributed by atoms with E-state index in [1.54, 1.807) is 0 Å². The van der Waals surface area contributed by atoms with Crippen LogP contribution in [0.25, 0.3) is 11.0 Å². The van der Waals surface area contributed by atoms with Crippen molar-refractivity contribution in [3.63, 3.8) is 0 Å². The number of rotatable bonds is 5. The topological polar surface area (TPSA) is 109 Å². The van der Waals surface area contributed by atoms with E-state index in [1.807, 2.05) is 6.92 Å². The molecule has 0 spiro atoms. The molecule has 0 saturated carbocycles. The molecule has 3 aromatic rings. The number of anilines is 1. The van der Waals surface area contributed by atoms with Gasteiger partial charge in [-0.3, -0.25) is 30.0 Å². The van der Waals surface area contributed by atoms with Crippen LogP contribution in [0.15, 0.2) is 34.0 Å². The Morgan fingerprint density at radius 1 is 1.18 bits per heavy atom. The van der Waals surface area contributed by atoms with E-state index in [0.29, 0.717) is 18.0 Å². The van der Waals surface area contributed by atoms with Gasteiger partial charge in [-0.05, 0) is 24.6 Å². The Hall–Kier alpha value is -2.55. The van der Waals surface area contributed by atoms with Crippen LogP contribution in [0.2, 0.25) is 15.1 Å². The first-order valence-electron chi connectivity index (χ1n) is 8.15. The quantitative estimate of drug-likeness (QED) is 0.526. The standard InChI is InChI=1S/C17H14Cl3N5O3/c1-2-3-25-14-10(16(27)22-17(25)28)4-8(7-21-14)15(26)24-23-13-11(19)5-9(18)6-12(13)20/h4-7,23H,2-3H2,1H3,(H,24,26)(H,22,27,28). The van der Waals surface area contributed by atoms with E-state index in [4.69, 9.17) is 34.8 Å². The molecular weight excluding hydrogens is 429 g/mol. The van der Waals surface area contributed by atoms with Gasteiger partial charge in [-0.1, -0.05) is 41.7 Å². The molecular formula is C17H14Cl3N5O3. The van der Waals surface area contributed by atoms with Crippen molar-refractivity contribution in [3.05, 3.63) is 65.9 Å². The van der Waals surface area contributed by atoms with Gasteiger partial charge in [-0.25, -0.2) is 9.78 Å². The molecule has 28 heavy (non-hydrogen) atoms. The fourth-order valence-electron chi connectivity index (χ4n) is 2.58. The van der Waals surface area contributed by atoms with E-state index in [1.165, 1.54) is 29.0 Å². The summed E-state index contributed by atoms with van der Waals surface area (Å²) in [4.78, 5) is 42.9. The Balaban J connectivity index is 1.91. The summed E-state index contributed by atoms with van der Waals surface area (Å²) in [7, 11) is 0. The van der Waals surface area contributed by atoms with E-state index < -0.39 is 17.2 Å². The Morgan fingerprint density at radius 2 is 1.86 bits per heavy atom. The molecule has 0 saturated heterocycles. The average molecular weight is 443 g/mol. The van der Waals surface area contributed by atoms with Crippen LogP contribution >= 0.6 is 34.8 Å². The summed E-state index contributed by atoms with van der Waals surface area (Å²) in [6.07, 6.45) is 1.95. The number of nitrogens with zero attached hydrogens (tertiary/aromatic N) is 2. The molecule has 0 fully saturated rings. The highest BCUT2D eigenvalue weighted by atomic mass is 35.5. The number of hydrazine groups is 1. The van der Waals surface area contributed by atoms with E-state index >= 15 is 0 Å². The lowest BCUT2D eigenvalue weighted by Crippen LogP contribution is -2.32. The molecule has 0 aliphatic heterocycles. The first-order valence-corrected chi connectivity index (χ1v) is 9.29. The van der Waals surface area contributed by atoms with Gasteiger partial charge >= 0.3 is 5.69 Å². The van der Waals surface area contributed by atoms with Crippen LogP contribution in [0.1, 0.15) is 23.7 Å². The van der Waals surface area contributed by atoms with Crippen LogP contribution in [0.5, 0.6) is 0 Å². The Kier molecular flexibility index (Phi) is 5.93. The molecule has 8 nitrogen and oxygen atoms in total. The largest absolute Gasteiger partial charge is 0.329 e. The number of benzene rings is 1. The molecule has 2 aromatic heterocycles. The Bertz CT molecular complexity index is 1170. The van der Waals surface area contributed by atoms with Crippen LogP contribution < -0.4 is 22.1 Å². The van der Waals surface area contributed by atoms with Crippen molar-refractivity contribution in [1.29, 1.82) is 0 Å². The minimum absolute atomic E-state index is 0.105. The second-order valence-corrected chi connectivity index (χ2v) is 7.08. The minimum Gasteiger partial charge on any atom is -0.295 e. The summed E-state index contributed by atoms with van der Waals surface area (Å²) < 4.78 is 1.35. The van der Waals surface area contributed by atoms with Crippen molar-refractivity contribution in [1.82, 2.24) is 20.0 Å². The van der Waals surface area contributed by atoms with Crippen LogP contribution in [-0.2, 0) is 6.54 Å². The molecule has 0 bridgehead atoms. The number of halogens is 3. The summed E-state index contributed by atoms with van der Waals surface area (Å²) in [5, 5.41) is 0.912. The summed E-state index contributed by atoms with van der Waals surface area (Å²) >= 11 is 18.0. The smallest absolute Gasteiger partial charge is 0.295 e. The molecule has 0 aliphatic carbocycles. The van der Waals surface area contributed by atoms with Gasteiger partial charge < -0.3 is 0 Å². The van der Waals surface area contributed by atoms with E-state index in [2.05, 4.69) is 20.8 Å². The van der Waals surface area contributed by atoms with Crippen molar-refractivity contribution in [2.75, 3.05) is 5.43 Å². The number of aryl methyl sites for hydroxylation is 1. The van der Waals surface area contributed by atoms with Crippen LogP contribution in [0.3, 0.4) is 0 Å². The summed E-state index contributed by atoms with van der Waals surface area (Å²) in [6.45, 7) is 2.28. The number of carbonyl (C=O) groups is 1. The van der Waals surface area contributed by atoms with Crippen LogP contribution in [-0.4, -0.2) is 20.4 Å². The average Bonchev–Trinajstić information content (AvgIpc) is 2.63. The Labute approximate surface area is 173 Å². The molecule has 11 heteroatoms. The second kappa shape index (κ2) is 8.22. The van der Waals surface area contributed by atoms with Crippen LogP contribution in [0.4, 0.5) is 5.69 Å². The molecule has 0 aliphatic rings. The predicted molar refractivity (Wildman–Crippen MR) is 109 cm³/mol. The van der Waals surface area contributed by atoms with Crippen molar-refractivity contribution in [2.24, 2.45) is 0 Å². The number of carbonyl (C=O) groups excluding carboxylic acids is 1. The maximum Gasteiger partial charge on any atom is 0.329 e. The van der Waals surface area contributed by atoms with E-state index in [9.17, 15) is 14.4 Å². The molecule has 3 N–H and O–H groups in total. The maximum absolute atomic E-state index is 12.4. The first kappa shape index (κ1) is 20.2. The number of aromatic amines is 1. The number of nitrogens with one attached hydrogen (secondary N) is 3. The van der Waals surface area contributed by atoms with Crippen LogP contribution in [0, 0.1) is 0 Å². The van der Waals surface area contributed by atoms with Gasteiger partial charge in [0.1, 0.15) is 5.65 Å². The predicted octanol–water partition coefficient (Wildman–Crippen LogP) is 3.21. The third-order valence-corrected chi connectivity index (χ3v) is 4.66. The van der Waals surface area contributed by atoms with Crippen molar-refractivity contribution < 1.29 is 4.79 Å². The molecule has 0 unspecified atom stereocenters. The van der Waals surface area contributed by atoms with Gasteiger partial charge in [0.2, 0.25) is 0 Å². The molecule has 0 radical (unpaired) electrons. The molecule has 1 aromatic carbocycles. The van der Waals surface area contributed by atoms with Gasteiger partial charge in [0.25, 0.3) is 11.5 Å². The zero-order chi connectivity index (χ0) is 20.4. The molecule has 146 valence electrons. The first-order chi connectivity index (χ1) is 13.3. The molecule has 2 heterocycles. The Morgan fingerprint density at radius 3 is 2.50 bits per heavy atom. The highest BCUT2D eigenvalue weighted by Crippen LogP contribution is 2.33. The molecule has 0 atom stereocenters. The fraction of sp³-hybridized carbons (Fsp3) is 0.176. The van der Waals surface area contributed by atoms with Gasteiger partial charge in [0.05, 0.1) is 26.7 Å². The zero-order valence-electron chi connectivity index (χ0n) is 14.5. The summed E-state index contributed by atoms with van der Waals surface area (Å²) in [5.74, 6) is -0.580. The number of amides is 1. The second-order valence-electron chi connectivity index (χ2n) is 5.83. The number of fused-ring (bicyclic) bond motifs is 1. The van der Waals surface area contributed by atoms with Gasteiger partial charge in [0, 0.05) is 17.8 Å². The number of hydrogen-bond donors (Lipinski definition) is 3. The molecule has 1 amide bonds. The summed E-state index contributed by atoms with van der Waals surface area (Å²) in [6, 6.07) is 4.29. The molecule has 3 rings (SSSR count). The van der Waals surface area contributed by atoms with Crippen molar-refractivity contribution in [3.8, 4) is 0 Å². The highest BCUT2D eigenvalue weighted by Gasteiger charge is 2.14. The van der Waals surface area contributed by atoms with Gasteiger partial charge in [-0.2, -0.15) is 0 Å². The fourth-order valence-corrected chi connectivity index (χ4v) is 3.49. The zero-order valence-corrected chi connectivity index (χ0v) is 16.7. The lowest BCUT2D eigenvalue weighted by atomic mass is 10.2. The van der Waals surface area contributed by atoms with E-state index in [0.717, 1.165) is 0 Å². The van der Waals surface area contributed by atoms with Gasteiger partial charge in [0.15, 0.2) is 0 Å². The monoisotopic (exact) mass is 441 g/mol. The lowest BCUT2D eigenvalue weighted by molar-refractivity contribution is 0.0962. The number of pyridine rings is 1. The highest BCUT2D eigenvalue weighted by molar-refractivity contribution is 6.41. The maximum atomic E-state index is 12.4. The third-order valence-electron chi connectivity index (χ3n) is 3.85. The normalized spacial score (nSPS) is 10.9. The number of aromatic nitrogens is 3. The lowest BCUT2D eigenvalue weighted by Gasteiger charge is -2.12.